The van der Waals surface area contributed by atoms with Crippen LogP contribution in [-0.2, 0) is 15.6 Å². The van der Waals surface area contributed by atoms with Crippen molar-refractivity contribution < 1.29 is 9.00 Å². The lowest BCUT2D eigenvalue weighted by molar-refractivity contribution is -0.131. The molecule has 0 aliphatic carbocycles. The van der Waals surface area contributed by atoms with Crippen LogP contribution in [0.4, 0.5) is 5.69 Å². The quantitative estimate of drug-likeness (QED) is 0.868. The van der Waals surface area contributed by atoms with Crippen LogP contribution in [-0.4, -0.2) is 33.4 Å². The first kappa shape index (κ1) is 15.0. The minimum Gasteiger partial charge on any atom is -0.398 e. The molecule has 0 saturated carbocycles. The molecular weight excluding hydrogens is 272 g/mol. The van der Waals surface area contributed by atoms with E-state index >= 15 is 0 Å². The molecule has 1 aromatic carbocycles. The lowest BCUT2D eigenvalue weighted by atomic mass is 10.1. The molecule has 0 bridgehead atoms. The molecule has 20 heavy (non-hydrogen) atoms. The average molecular weight is 294 g/mol. The molecule has 1 heterocycles. The van der Waals surface area contributed by atoms with Gasteiger partial charge in [-0.05, 0) is 50.8 Å². The number of anilines is 1. The van der Waals surface area contributed by atoms with Gasteiger partial charge < -0.3 is 10.6 Å². The Morgan fingerprint density at radius 1 is 1.30 bits per heavy atom. The largest absolute Gasteiger partial charge is 0.398 e. The number of nitrogens with two attached hydrogens (primary N) is 1. The Balaban J connectivity index is 2.15. The third-order valence-corrected chi connectivity index (χ3v) is 5.60. The number of nitrogens with zero attached hydrogens (tertiary/aromatic N) is 1. The number of carbonyl (C=O) groups is 1. The Labute approximate surface area is 122 Å². The number of amides is 1. The smallest absolute Gasteiger partial charge is 0.238 e. The molecule has 0 spiro atoms. The maximum absolute atomic E-state index is 12.6. The Morgan fingerprint density at radius 3 is 2.60 bits per heavy atom. The van der Waals surface area contributed by atoms with E-state index in [0.717, 1.165) is 31.5 Å². The van der Waals surface area contributed by atoms with E-state index in [9.17, 15) is 9.00 Å². The maximum atomic E-state index is 12.6. The zero-order chi connectivity index (χ0) is 14.7. The number of carbonyl (C=O) groups excluding carboxylic acids is 1. The van der Waals surface area contributed by atoms with Crippen LogP contribution in [0.5, 0.6) is 0 Å². The Kier molecular flexibility index (Phi) is 4.81. The van der Waals surface area contributed by atoms with Gasteiger partial charge in [-0.15, -0.1) is 0 Å². The van der Waals surface area contributed by atoms with E-state index in [2.05, 4.69) is 0 Å². The molecule has 2 unspecified atom stereocenters. The molecule has 1 aliphatic rings. The van der Waals surface area contributed by atoms with Gasteiger partial charge in [0.2, 0.25) is 5.91 Å². The zero-order valence-corrected chi connectivity index (χ0v) is 12.9. The highest BCUT2D eigenvalue weighted by Crippen LogP contribution is 2.22. The highest BCUT2D eigenvalue weighted by Gasteiger charge is 2.28. The number of piperidine rings is 1. The fraction of sp³-hybridized carbons (Fsp3) is 0.533. The summed E-state index contributed by atoms with van der Waals surface area (Å²) in [6.45, 7) is 5.17. The third-order valence-electron chi connectivity index (χ3n) is 3.88. The Hall–Kier alpha value is -1.36. The summed E-state index contributed by atoms with van der Waals surface area (Å²) in [6.07, 6.45) is 3.26. The molecule has 4 nitrogen and oxygen atoms in total. The molecule has 0 aromatic heterocycles. The zero-order valence-electron chi connectivity index (χ0n) is 12.1. The summed E-state index contributed by atoms with van der Waals surface area (Å²) in [4.78, 5) is 14.9. The predicted octanol–water partition coefficient (Wildman–Crippen LogP) is 2.09. The number of hydrogen-bond donors (Lipinski definition) is 1. The van der Waals surface area contributed by atoms with Crippen LogP contribution in [0, 0.1) is 6.92 Å². The van der Waals surface area contributed by atoms with Crippen molar-refractivity contribution in [1.29, 1.82) is 0 Å². The van der Waals surface area contributed by atoms with Crippen LogP contribution in [0.15, 0.2) is 23.1 Å². The highest BCUT2D eigenvalue weighted by molar-refractivity contribution is 7.86. The van der Waals surface area contributed by atoms with Crippen molar-refractivity contribution in [2.45, 2.75) is 43.3 Å². The summed E-state index contributed by atoms with van der Waals surface area (Å²) in [7, 11) is -1.35. The minimum absolute atomic E-state index is 0.00939. The standard InChI is InChI=1S/C15H22N2O2S/c1-11-13(16)7-6-8-14(11)20(19)12(2)15(18)17-9-4-3-5-10-17/h6-8,12H,3-5,9-10,16H2,1-2H3. The third kappa shape index (κ3) is 3.03. The summed E-state index contributed by atoms with van der Waals surface area (Å²) in [5.74, 6) is -0.00939. The second-order valence-electron chi connectivity index (χ2n) is 5.30. The second-order valence-corrected chi connectivity index (χ2v) is 7.04. The number of likely N-dealkylation sites (tertiary alicyclic amines) is 1. The highest BCUT2D eigenvalue weighted by atomic mass is 32.2. The van der Waals surface area contributed by atoms with E-state index in [-0.39, 0.29) is 5.91 Å². The number of nitrogen functional groups attached to an aromatic ring is 1. The molecule has 2 atom stereocenters. The average Bonchev–Trinajstić information content (AvgIpc) is 2.48. The fourth-order valence-electron chi connectivity index (χ4n) is 2.50. The molecule has 110 valence electrons. The molecule has 1 saturated heterocycles. The van der Waals surface area contributed by atoms with Crippen molar-refractivity contribution in [3.8, 4) is 0 Å². The van der Waals surface area contributed by atoms with Crippen LogP contribution in [0.25, 0.3) is 0 Å². The fourth-order valence-corrected chi connectivity index (χ4v) is 3.85. The van der Waals surface area contributed by atoms with Crippen molar-refractivity contribution in [2.75, 3.05) is 18.8 Å². The molecule has 2 N–H and O–H groups in total. The van der Waals surface area contributed by atoms with Gasteiger partial charge in [0, 0.05) is 23.7 Å². The van der Waals surface area contributed by atoms with Crippen molar-refractivity contribution in [3.05, 3.63) is 23.8 Å². The van der Waals surface area contributed by atoms with E-state index in [0.29, 0.717) is 10.6 Å². The summed E-state index contributed by atoms with van der Waals surface area (Å²) in [5, 5.41) is -0.520. The minimum atomic E-state index is -1.35. The molecule has 0 radical (unpaired) electrons. The van der Waals surface area contributed by atoms with Gasteiger partial charge in [0.05, 0.1) is 10.8 Å². The van der Waals surface area contributed by atoms with Crippen LogP contribution < -0.4 is 5.73 Å². The summed E-state index contributed by atoms with van der Waals surface area (Å²) in [5.41, 5.74) is 7.28. The van der Waals surface area contributed by atoms with Crippen molar-refractivity contribution in [1.82, 2.24) is 4.90 Å². The van der Waals surface area contributed by atoms with Crippen LogP contribution in [0.3, 0.4) is 0 Å². The lowest BCUT2D eigenvalue weighted by Gasteiger charge is -2.29. The van der Waals surface area contributed by atoms with Gasteiger partial charge in [-0.2, -0.15) is 0 Å². The van der Waals surface area contributed by atoms with E-state index in [1.165, 1.54) is 6.42 Å². The first-order valence-corrected chi connectivity index (χ1v) is 8.28. The maximum Gasteiger partial charge on any atom is 0.238 e. The van der Waals surface area contributed by atoms with E-state index in [4.69, 9.17) is 5.73 Å². The van der Waals surface area contributed by atoms with Crippen molar-refractivity contribution in [3.63, 3.8) is 0 Å². The van der Waals surface area contributed by atoms with Gasteiger partial charge >= 0.3 is 0 Å². The lowest BCUT2D eigenvalue weighted by Crippen LogP contribution is -2.42. The summed E-state index contributed by atoms with van der Waals surface area (Å²) >= 11 is 0. The monoisotopic (exact) mass is 294 g/mol. The van der Waals surface area contributed by atoms with Gasteiger partial charge in [0.15, 0.2) is 0 Å². The summed E-state index contributed by atoms with van der Waals surface area (Å²) < 4.78 is 12.6. The van der Waals surface area contributed by atoms with Gasteiger partial charge in [-0.25, -0.2) is 0 Å². The Morgan fingerprint density at radius 2 is 1.95 bits per heavy atom. The molecule has 1 aromatic rings. The molecule has 1 amide bonds. The predicted molar refractivity (Wildman–Crippen MR) is 81.9 cm³/mol. The van der Waals surface area contributed by atoms with Crippen LogP contribution >= 0.6 is 0 Å². The van der Waals surface area contributed by atoms with Gasteiger partial charge in [0.25, 0.3) is 0 Å². The van der Waals surface area contributed by atoms with E-state index < -0.39 is 16.0 Å². The topological polar surface area (TPSA) is 63.4 Å². The number of benzene rings is 1. The number of hydrogen-bond acceptors (Lipinski definition) is 3. The SMILES string of the molecule is Cc1c(N)cccc1S(=O)C(C)C(=O)N1CCCCC1. The van der Waals surface area contributed by atoms with Gasteiger partial charge in [0.1, 0.15) is 5.25 Å². The van der Waals surface area contributed by atoms with Gasteiger partial charge in [-0.3, -0.25) is 9.00 Å². The van der Waals surface area contributed by atoms with Gasteiger partial charge in [-0.1, -0.05) is 6.07 Å². The normalized spacial score (nSPS) is 18.6. The summed E-state index contributed by atoms with van der Waals surface area (Å²) in [6, 6.07) is 5.36. The van der Waals surface area contributed by atoms with E-state index in [1.807, 2.05) is 11.8 Å². The second kappa shape index (κ2) is 6.39. The first-order valence-electron chi connectivity index (χ1n) is 7.07. The molecule has 5 heteroatoms. The van der Waals surface area contributed by atoms with E-state index in [1.54, 1.807) is 25.1 Å². The Bertz CT molecular complexity index is 525. The van der Waals surface area contributed by atoms with Crippen molar-refractivity contribution >= 4 is 22.4 Å². The molecule has 2 rings (SSSR count). The first-order chi connectivity index (χ1) is 9.52. The number of rotatable bonds is 3. The molecule has 1 aliphatic heterocycles. The van der Waals surface area contributed by atoms with Crippen molar-refractivity contribution in [2.24, 2.45) is 0 Å². The molecular formula is C15H22N2O2S. The van der Waals surface area contributed by atoms with Crippen LogP contribution in [0.2, 0.25) is 0 Å². The molecule has 1 fully saturated rings. The van der Waals surface area contributed by atoms with Crippen LogP contribution in [0.1, 0.15) is 31.7 Å².